The first-order chi connectivity index (χ1) is 6.79. The van der Waals surface area contributed by atoms with Gasteiger partial charge in [-0.25, -0.2) is 0 Å². The van der Waals surface area contributed by atoms with E-state index in [4.69, 9.17) is 0 Å². The van der Waals surface area contributed by atoms with Gasteiger partial charge in [0.2, 0.25) is 0 Å². The predicted octanol–water partition coefficient (Wildman–Crippen LogP) is 3.72. The zero-order chi connectivity index (χ0) is 10.0. The van der Waals surface area contributed by atoms with Gasteiger partial charge in [-0.2, -0.15) is 0 Å². The second-order valence-corrected chi connectivity index (χ2v) is 5.18. The molecule has 0 spiro atoms. The Hall–Kier alpha value is -0.330. The molecule has 0 aromatic rings. The summed E-state index contributed by atoms with van der Waals surface area (Å²) < 4.78 is 0. The van der Waals surface area contributed by atoms with Crippen LogP contribution in [0.1, 0.15) is 64.7 Å². The number of fused-ring (bicyclic) bond motifs is 1. The van der Waals surface area contributed by atoms with Crippen molar-refractivity contribution in [2.75, 3.05) is 0 Å². The topological polar surface area (TPSA) is 17.1 Å². The van der Waals surface area contributed by atoms with Crippen LogP contribution in [-0.4, -0.2) is 5.78 Å². The molecule has 0 aromatic heterocycles. The monoisotopic (exact) mass is 194 g/mol. The molecule has 0 N–H and O–H groups in total. The summed E-state index contributed by atoms with van der Waals surface area (Å²) >= 11 is 0. The molecule has 0 aliphatic heterocycles. The Labute approximate surface area is 87.3 Å². The predicted molar refractivity (Wildman–Crippen MR) is 58.2 cm³/mol. The summed E-state index contributed by atoms with van der Waals surface area (Å²) in [7, 11) is 0. The Kier molecular flexibility index (Phi) is 2.94. The minimum Gasteiger partial charge on any atom is -0.299 e. The van der Waals surface area contributed by atoms with E-state index >= 15 is 0 Å². The number of hydrogen-bond acceptors (Lipinski definition) is 1. The minimum absolute atomic E-state index is 0.188. The van der Waals surface area contributed by atoms with E-state index in [1.807, 2.05) is 0 Å². The maximum atomic E-state index is 11.8. The average Bonchev–Trinajstić information content (AvgIpc) is 2.19. The van der Waals surface area contributed by atoms with Crippen LogP contribution in [0.2, 0.25) is 0 Å². The molecule has 2 aliphatic rings. The zero-order valence-corrected chi connectivity index (χ0v) is 9.35. The van der Waals surface area contributed by atoms with Crippen LogP contribution in [0, 0.1) is 11.3 Å². The van der Waals surface area contributed by atoms with Crippen molar-refractivity contribution >= 4 is 5.78 Å². The van der Waals surface area contributed by atoms with Crippen molar-refractivity contribution < 1.29 is 4.79 Å². The summed E-state index contributed by atoms with van der Waals surface area (Å²) in [5, 5.41) is 0. The van der Waals surface area contributed by atoms with E-state index in [0.717, 1.165) is 12.3 Å². The molecule has 2 saturated carbocycles. The second-order valence-electron chi connectivity index (χ2n) is 5.18. The van der Waals surface area contributed by atoms with E-state index < -0.39 is 0 Å². The Morgan fingerprint density at radius 1 is 1.36 bits per heavy atom. The van der Waals surface area contributed by atoms with Crippen LogP contribution < -0.4 is 0 Å². The van der Waals surface area contributed by atoms with Crippen molar-refractivity contribution in [1.29, 1.82) is 0 Å². The molecule has 0 bridgehead atoms. The normalized spacial score (nSPS) is 36.4. The quantitative estimate of drug-likeness (QED) is 0.623. The highest BCUT2D eigenvalue weighted by Gasteiger charge is 2.54. The number of Topliss-reactive ketones (excluding diaryl/α,β-unsaturated/α-hetero) is 1. The molecule has 0 radical (unpaired) electrons. The van der Waals surface area contributed by atoms with Gasteiger partial charge in [0.05, 0.1) is 0 Å². The molecular formula is C13H22O. The average molecular weight is 194 g/mol. The highest BCUT2D eigenvalue weighted by molar-refractivity contribution is 5.91. The van der Waals surface area contributed by atoms with Gasteiger partial charge in [-0.3, -0.25) is 4.79 Å². The smallest absolute Gasteiger partial charge is 0.139 e. The molecule has 0 aromatic carbocycles. The zero-order valence-electron chi connectivity index (χ0n) is 9.35. The summed E-state index contributed by atoms with van der Waals surface area (Å²) in [4.78, 5) is 11.8. The molecule has 2 aliphatic carbocycles. The lowest BCUT2D eigenvalue weighted by Gasteiger charge is -2.51. The number of unbranched alkanes of at least 4 members (excludes halogenated alkanes) is 2. The number of carbonyl (C=O) groups excluding carboxylic acids is 1. The SMILES string of the molecule is CCCCC[C@]12CCCC[C@H]1CC2=O. The molecule has 2 atom stereocenters. The lowest BCUT2D eigenvalue weighted by Crippen LogP contribution is -2.51. The molecule has 2 rings (SSSR count). The highest BCUT2D eigenvalue weighted by atomic mass is 16.1. The highest BCUT2D eigenvalue weighted by Crippen LogP contribution is 2.55. The second kappa shape index (κ2) is 4.04. The molecule has 1 heteroatoms. The molecule has 80 valence electrons. The maximum absolute atomic E-state index is 11.8. The number of ketones is 1. The third-order valence-corrected chi connectivity index (χ3v) is 4.42. The lowest BCUT2D eigenvalue weighted by molar-refractivity contribution is -0.151. The van der Waals surface area contributed by atoms with E-state index in [-0.39, 0.29) is 5.41 Å². The summed E-state index contributed by atoms with van der Waals surface area (Å²) in [6.45, 7) is 2.23. The van der Waals surface area contributed by atoms with E-state index in [0.29, 0.717) is 5.78 Å². The maximum Gasteiger partial charge on any atom is 0.139 e. The molecule has 1 nitrogen and oxygen atoms in total. The largest absolute Gasteiger partial charge is 0.299 e. The Morgan fingerprint density at radius 3 is 2.86 bits per heavy atom. The van der Waals surface area contributed by atoms with Crippen LogP contribution in [0.15, 0.2) is 0 Å². The van der Waals surface area contributed by atoms with Crippen molar-refractivity contribution in [3.8, 4) is 0 Å². The summed E-state index contributed by atoms with van der Waals surface area (Å²) in [5.74, 6) is 1.37. The van der Waals surface area contributed by atoms with Gasteiger partial charge in [0, 0.05) is 11.8 Å². The standard InChI is InChI=1S/C13H22O/c1-2-3-5-8-13-9-6-4-7-11(13)10-12(13)14/h11H,2-10H2,1H3/t11-,13-/m0/s1. The van der Waals surface area contributed by atoms with Crippen molar-refractivity contribution in [1.82, 2.24) is 0 Å². The van der Waals surface area contributed by atoms with Gasteiger partial charge in [0.15, 0.2) is 0 Å². The fraction of sp³-hybridized carbons (Fsp3) is 0.923. The Morgan fingerprint density at radius 2 is 2.21 bits per heavy atom. The van der Waals surface area contributed by atoms with Gasteiger partial charge in [-0.15, -0.1) is 0 Å². The van der Waals surface area contributed by atoms with Gasteiger partial charge < -0.3 is 0 Å². The molecule has 2 fully saturated rings. The summed E-state index contributed by atoms with van der Waals surface area (Å²) in [6.07, 6.45) is 11.2. The summed E-state index contributed by atoms with van der Waals surface area (Å²) in [6, 6.07) is 0. The Bertz CT molecular complexity index is 221. The minimum atomic E-state index is 0.188. The molecule has 0 unspecified atom stereocenters. The van der Waals surface area contributed by atoms with Crippen molar-refractivity contribution in [3.63, 3.8) is 0 Å². The van der Waals surface area contributed by atoms with Gasteiger partial charge in [0.25, 0.3) is 0 Å². The van der Waals surface area contributed by atoms with E-state index in [1.165, 1.54) is 51.4 Å². The fourth-order valence-corrected chi connectivity index (χ4v) is 3.43. The van der Waals surface area contributed by atoms with Gasteiger partial charge in [-0.05, 0) is 25.2 Å². The van der Waals surface area contributed by atoms with Crippen LogP contribution in [0.25, 0.3) is 0 Å². The van der Waals surface area contributed by atoms with E-state index in [2.05, 4.69) is 6.92 Å². The van der Waals surface area contributed by atoms with Crippen molar-refractivity contribution in [3.05, 3.63) is 0 Å². The summed E-state index contributed by atoms with van der Waals surface area (Å²) in [5.41, 5.74) is 0.188. The van der Waals surface area contributed by atoms with Crippen molar-refractivity contribution in [2.24, 2.45) is 11.3 Å². The molecular weight excluding hydrogens is 172 g/mol. The van der Waals surface area contributed by atoms with E-state index in [1.54, 1.807) is 0 Å². The van der Waals surface area contributed by atoms with Crippen LogP contribution in [0.5, 0.6) is 0 Å². The van der Waals surface area contributed by atoms with Crippen LogP contribution in [0.3, 0.4) is 0 Å². The van der Waals surface area contributed by atoms with Gasteiger partial charge in [-0.1, -0.05) is 39.0 Å². The number of hydrogen-bond donors (Lipinski definition) is 0. The first-order valence-electron chi connectivity index (χ1n) is 6.33. The van der Waals surface area contributed by atoms with Crippen LogP contribution in [-0.2, 0) is 4.79 Å². The fourth-order valence-electron chi connectivity index (χ4n) is 3.43. The molecule has 0 saturated heterocycles. The lowest BCUT2D eigenvalue weighted by atomic mass is 9.51. The van der Waals surface area contributed by atoms with Gasteiger partial charge in [0.1, 0.15) is 5.78 Å². The number of carbonyl (C=O) groups is 1. The van der Waals surface area contributed by atoms with Crippen LogP contribution in [0.4, 0.5) is 0 Å². The third kappa shape index (κ3) is 1.51. The molecule has 0 heterocycles. The molecule has 14 heavy (non-hydrogen) atoms. The first-order valence-corrected chi connectivity index (χ1v) is 6.33. The Balaban J connectivity index is 1.92. The van der Waals surface area contributed by atoms with Gasteiger partial charge >= 0.3 is 0 Å². The number of rotatable bonds is 4. The van der Waals surface area contributed by atoms with Crippen LogP contribution >= 0.6 is 0 Å². The molecule has 0 amide bonds. The van der Waals surface area contributed by atoms with Crippen molar-refractivity contribution in [2.45, 2.75) is 64.7 Å². The third-order valence-electron chi connectivity index (χ3n) is 4.42. The van der Waals surface area contributed by atoms with E-state index in [9.17, 15) is 4.79 Å². The first kappa shape index (κ1) is 10.2.